The largest absolute Gasteiger partial charge is 0.387 e. The molecular formula is C14H6Cl2O6S. The van der Waals surface area contributed by atoms with Gasteiger partial charge in [-0.05, 0) is 36.4 Å². The Morgan fingerprint density at radius 2 is 1.43 bits per heavy atom. The van der Waals surface area contributed by atoms with E-state index in [-0.39, 0.29) is 25.9 Å². The maximum atomic E-state index is 11.9. The van der Waals surface area contributed by atoms with E-state index in [1.165, 1.54) is 36.4 Å². The molecule has 0 N–H and O–H groups in total. The van der Waals surface area contributed by atoms with Crippen molar-refractivity contribution in [2.45, 2.75) is 9.79 Å². The summed E-state index contributed by atoms with van der Waals surface area (Å²) >= 11 is 11.4. The molecular weight excluding hydrogens is 367 g/mol. The summed E-state index contributed by atoms with van der Waals surface area (Å²) in [5, 5.41) is 0.447. The predicted molar refractivity (Wildman–Crippen MR) is 79.2 cm³/mol. The SMILES string of the molecule is O=C(OOC(=O)c1ccc(Cl)c2c1S2(=O)=O)c1ccc(Cl)cc1. The van der Waals surface area contributed by atoms with Gasteiger partial charge in [-0.25, -0.2) is 27.8 Å². The van der Waals surface area contributed by atoms with Crippen LogP contribution in [-0.4, -0.2) is 20.4 Å². The second-order valence-corrected chi connectivity index (χ2v) is 7.17. The summed E-state index contributed by atoms with van der Waals surface area (Å²) in [6, 6.07) is 8.13. The third-order valence-corrected chi connectivity index (χ3v) is 5.45. The van der Waals surface area contributed by atoms with Crippen molar-refractivity contribution in [3.8, 4) is 0 Å². The van der Waals surface area contributed by atoms with Crippen LogP contribution in [0.2, 0.25) is 10.0 Å². The zero-order valence-corrected chi connectivity index (χ0v) is 13.4. The Bertz CT molecular complexity index is 934. The number of hydrogen-bond donors (Lipinski definition) is 0. The van der Waals surface area contributed by atoms with Crippen LogP contribution < -0.4 is 0 Å². The van der Waals surface area contributed by atoms with E-state index >= 15 is 0 Å². The van der Waals surface area contributed by atoms with Crippen molar-refractivity contribution in [2.75, 3.05) is 0 Å². The van der Waals surface area contributed by atoms with Crippen LogP contribution in [0.25, 0.3) is 0 Å². The number of halogens is 2. The van der Waals surface area contributed by atoms with E-state index in [1.807, 2.05) is 0 Å². The lowest BCUT2D eigenvalue weighted by molar-refractivity contribution is -0.187. The van der Waals surface area contributed by atoms with Crippen molar-refractivity contribution >= 4 is 45.0 Å². The third-order valence-electron chi connectivity index (χ3n) is 3.05. The third kappa shape index (κ3) is 2.78. The van der Waals surface area contributed by atoms with Crippen LogP contribution in [-0.2, 0) is 19.6 Å². The second kappa shape index (κ2) is 5.52. The van der Waals surface area contributed by atoms with Gasteiger partial charge in [0.25, 0.3) is 0 Å². The molecule has 0 unspecified atom stereocenters. The van der Waals surface area contributed by atoms with Crippen LogP contribution in [0.3, 0.4) is 0 Å². The summed E-state index contributed by atoms with van der Waals surface area (Å²) in [5.41, 5.74) is -0.130. The van der Waals surface area contributed by atoms with Crippen molar-refractivity contribution in [3.63, 3.8) is 0 Å². The molecule has 1 aliphatic heterocycles. The molecule has 0 amide bonds. The Morgan fingerprint density at radius 1 is 0.826 bits per heavy atom. The van der Waals surface area contributed by atoms with Crippen LogP contribution in [0.15, 0.2) is 46.2 Å². The summed E-state index contributed by atoms with van der Waals surface area (Å²) in [4.78, 5) is 32.0. The van der Waals surface area contributed by atoms with Gasteiger partial charge in [0.1, 0.15) is 9.79 Å². The Balaban J connectivity index is 1.72. The van der Waals surface area contributed by atoms with Gasteiger partial charge in [0.15, 0.2) is 0 Å². The molecule has 0 radical (unpaired) electrons. The van der Waals surface area contributed by atoms with E-state index in [0.29, 0.717) is 5.02 Å². The summed E-state index contributed by atoms with van der Waals surface area (Å²) < 4.78 is 23.3. The molecule has 0 saturated carbocycles. The van der Waals surface area contributed by atoms with Crippen molar-refractivity contribution in [3.05, 3.63) is 57.6 Å². The average Bonchev–Trinajstić information content (AvgIpc) is 3.09. The number of carbonyl (C=O) groups is 2. The highest BCUT2D eigenvalue weighted by Crippen LogP contribution is 2.47. The first kappa shape index (κ1) is 15.8. The molecule has 2 aromatic carbocycles. The highest BCUT2D eigenvalue weighted by molar-refractivity contribution is 7.97. The molecule has 1 heterocycles. The molecule has 6 nitrogen and oxygen atoms in total. The first-order valence-corrected chi connectivity index (χ1v) is 8.32. The van der Waals surface area contributed by atoms with E-state index in [0.717, 1.165) is 0 Å². The maximum Gasteiger partial charge on any atom is 0.387 e. The van der Waals surface area contributed by atoms with Crippen LogP contribution in [0.5, 0.6) is 0 Å². The summed E-state index contributed by atoms with van der Waals surface area (Å²) in [5.74, 6) is -2.03. The zero-order valence-electron chi connectivity index (χ0n) is 11.1. The fraction of sp³-hybridized carbons (Fsp3) is 0. The molecule has 0 saturated heterocycles. The van der Waals surface area contributed by atoms with Gasteiger partial charge < -0.3 is 0 Å². The molecule has 3 rings (SSSR count). The van der Waals surface area contributed by atoms with E-state index in [9.17, 15) is 18.0 Å². The number of benzene rings is 2. The first-order valence-electron chi connectivity index (χ1n) is 6.08. The Morgan fingerprint density at radius 3 is 2.09 bits per heavy atom. The van der Waals surface area contributed by atoms with E-state index in [2.05, 4.69) is 9.78 Å². The normalized spacial score (nSPS) is 13.8. The number of fused-ring (bicyclic) bond motifs is 1. The quantitative estimate of drug-likeness (QED) is 0.390. The Labute approximate surface area is 140 Å². The molecule has 0 fully saturated rings. The molecule has 118 valence electrons. The molecule has 0 spiro atoms. The minimum atomic E-state index is -3.67. The molecule has 2 aromatic rings. The van der Waals surface area contributed by atoms with Crippen molar-refractivity contribution in [2.24, 2.45) is 0 Å². The monoisotopic (exact) mass is 372 g/mol. The van der Waals surface area contributed by atoms with Crippen LogP contribution in [0.1, 0.15) is 20.7 Å². The number of sulfone groups is 1. The molecule has 0 aliphatic carbocycles. The topological polar surface area (TPSA) is 86.7 Å². The van der Waals surface area contributed by atoms with Gasteiger partial charge in [0, 0.05) is 5.02 Å². The van der Waals surface area contributed by atoms with Gasteiger partial charge in [-0.1, -0.05) is 23.2 Å². The lowest BCUT2D eigenvalue weighted by Gasteiger charge is -2.03. The Kier molecular flexibility index (Phi) is 3.79. The highest BCUT2D eigenvalue weighted by atomic mass is 35.5. The minimum Gasteiger partial charge on any atom is -0.242 e. The fourth-order valence-corrected chi connectivity index (χ4v) is 4.14. The molecule has 0 atom stereocenters. The molecule has 0 bridgehead atoms. The fourth-order valence-electron chi connectivity index (χ4n) is 1.92. The molecule has 23 heavy (non-hydrogen) atoms. The summed E-state index contributed by atoms with van der Waals surface area (Å²) in [6.07, 6.45) is 0. The van der Waals surface area contributed by atoms with Gasteiger partial charge in [-0.3, -0.25) is 0 Å². The number of hydrogen-bond acceptors (Lipinski definition) is 6. The van der Waals surface area contributed by atoms with Gasteiger partial charge in [0.2, 0.25) is 9.84 Å². The molecule has 9 heteroatoms. The highest BCUT2D eigenvalue weighted by Gasteiger charge is 2.47. The summed E-state index contributed by atoms with van der Waals surface area (Å²) in [7, 11) is -3.67. The van der Waals surface area contributed by atoms with Gasteiger partial charge >= 0.3 is 11.9 Å². The average molecular weight is 373 g/mol. The lowest BCUT2D eigenvalue weighted by Crippen LogP contribution is -2.12. The van der Waals surface area contributed by atoms with E-state index in [1.54, 1.807) is 0 Å². The van der Waals surface area contributed by atoms with Crippen molar-refractivity contribution < 1.29 is 27.8 Å². The van der Waals surface area contributed by atoms with Crippen molar-refractivity contribution in [1.82, 2.24) is 0 Å². The predicted octanol–water partition coefficient (Wildman–Crippen LogP) is 3.07. The van der Waals surface area contributed by atoms with Crippen LogP contribution in [0.4, 0.5) is 0 Å². The zero-order chi connectivity index (χ0) is 16.8. The van der Waals surface area contributed by atoms with Crippen LogP contribution >= 0.6 is 23.2 Å². The standard InChI is InChI=1S/C14H6Cl2O6S/c15-8-3-1-7(2-4-8)13(17)21-22-14(18)9-5-6-10(16)12-11(9)23(12,19)20/h1-6H. The first-order chi connectivity index (χ1) is 10.8. The van der Waals surface area contributed by atoms with Crippen LogP contribution in [0, 0.1) is 0 Å². The smallest absolute Gasteiger partial charge is 0.242 e. The van der Waals surface area contributed by atoms with E-state index in [4.69, 9.17) is 23.2 Å². The number of carbonyl (C=O) groups excluding carboxylic acids is 2. The number of rotatable bonds is 2. The van der Waals surface area contributed by atoms with Gasteiger partial charge in [-0.15, -0.1) is 0 Å². The van der Waals surface area contributed by atoms with Gasteiger partial charge in [-0.2, -0.15) is 0 Å². The van der Waals surface area contributed by atoms with Crippen molar-refractivity contribution in [1.29, 1.82) is 0 Å². The Hall–Kier alpha value is -2.09. The maximum absolute atomic E-state index is 11.9. The van der Waals surface area contributed by atoms with E-state index < -0.39 is 21.8 Å². The summed E-state index contributed by atoms with van der Waals surface area (Å²) in [6.45, 7) is 0. The lowest BCUT2D eigenvalue weighted by atomic mass is 10.2. The van der Waals surface area contributed by atoms with Gasteiger partial charge in [0.05, 0.1) is 16.1 Å². The second-order valence-electron chi connectivity index (χ2n) is 4.51. The molecule has 0 aromatic heterocycles. The molecule has 1 aliphatic rings. The minimum absolute atomic E-state index is 0.0229.